The summed E-state index contributed by atoms with van der Waals surface area (Å²) in [5.41, 5.74) is 2.84. The van der Waals surface area contributed by atoms with Crippen molar-refractivity contribution in [3.8, 4) is 0 Å². The fraction of sp³-hybridized carbons (Fsp3) is 0.444. The van der Waals surface area contributed by atoms with E-state index in [9.17, 15) is 0 Å². The van der Waals surface area contributed by atoms with Crippen LogP contribution in [0.3, 0.4) is 0 Å². The summed E-state index contributed by atoms with van der Waals surface area (Å²) in [5, 5.41) is 5.64. The molecule has 0 unspecified atom stereocenters. The van der Waals surface area contributed by atoms with Gasteiger partial charge in [-0.15, -0.1) is 36.2 Å². The van der Waals surface area contributed by atoms with Gasteiger partial charge in [-0.1, -0.05) is 44.2 Å². The maximum atomic E-state index is 3.45. The van der Waals surface area contributed by atoms with Crippen LogP contribution in [0, 0.1) is 0 Å². The van der Waals surface area contributed by atoms with Gasteiger partial charge in [-0.05, 0) is 28.5 Å². The third-order valence-electron chi connectivity index (χ3n) is 4.25. The fourth-order valence-electron chi connectivity index (χ4n) is 3.01. The molecule has 1 aliphatic rings. The molecule has 0 radical (unpaired) electrons. The molecule has 1 atom stereocenters. The summed E-state index contributed by atoms with van der Waals surface area (Å²) >= 11 is 1.87. The van der Waals surface area contributed by atoms with E-state index in [2.05, 4.69) is 65.8 Å². The summed E-state index contributed by atoms with van der Waals surface area (Å²) in [4.78, 5) is 4.06. The average Bonchev–Trinajstić information content (AvgIpc) is 3.03. The van der Waals surface area contributed by atoms with Crippen LogP contribution in [0.5, 0.6) is 0 Å². The van der Waals surface area contributed by atoms with Crippen LogP contribution in [0.1, 0.15) is 41.8 Å². The van der Waals surface area contributed by atoms with Crippen molar-refractivity contribution in [3.05, 3.63) is 57.8 Å². The Balaban J connectivity index is 0.00000132. The van der Waals surface area contributed by atoms with Crippen LogP contribution >= 0.6 is 36.2 Å². The molecule has 1 aromatic heterocycles. The number of halogens is 2. The molecule has 1 N–H and O–H groups in total. The van der Waals surface area contributed by atoms with Crippen molar-refractivity contribution in [2.24, 2.45) is 0 Å². The Morgan fingerprint density at radius 1 is 0.957 bits per heavy atom. The molecular weight excluding hydrogens is 347 g/mol. The van der Waals surface area contributed by atoms with Crippen molar-refractivity contribution < 1.29 is 0 Å². The molecule has 1 aliphatic heterocycles. The molecule has 128 valence electrons. The van der Waals surface area contributed by atoms with Crippen molar-refractivity contribution in [1.29, 1.82) is 0 Å². The number of hydrogen-bond acceptors (Lipinski definition) is 3. The Bertz CT molecular complexity index is 549. The van der Waals surface area contributed by atoms with Gasteiger partial charge in [0.05, 0.1) is 6.04 Å². The van der Waals surface area contributed by atoms with Gasteiger partial charge >= 0.3 is 0 Å². The third kappa shape index (κ3) is 4.94. The van der Waals surface area contributed by atoms with E-state index in [0.717, 1.165) is 26.2 Å². The zero-order valence-electron chi connectivity index (χ0n) is 13.7. The van der Waals surface area contributed by atoms with E-state index in [-0.39, 0.29) is 24.8 Å². The highest BCUT2D eigenvalue weighted by Crippen LogP contribution is 2.32. The molecule has 0 aliphatic carbocycles. The molecule has 2 heterocycles. The molecule has 1 saturated heterocycles. The standard InChI is InChI=1S/C18H24N2S.2ClH/c1-14(2)15-5-7-16(8-6-15)18(17-4-3-13-21-17)20-11-9-19-10-12-20;;/h3-8,13-14,18-19H,9-12H2,1-2H3;2*1H/t18-;;/m1../s1. The predicted octanol–water partition coefficient (Wildman–Crippen LogP) is 4.71. The van der Waals surface area contributed by atoms with Crippen molar-refractivity contribution >= 4 is 36.2 Å². The number of piperazine rings is 1. The van der Waals surface area contributed by atoms with Crippen LogP contribution < -0.4 is 5.32 Å². The average molecular weight is 373 g/mol. The first-order valence-corrected chi connectivity index (χ1v) is 8.71. The van der Waals surface area contributed by atoms with Crippen LogP contribution in [-0.2, 0) is 0 Å². The second kappa shape index (κ2) is 9.65. The summed E-state index contributed by atoms with van der Waals surface area (Å²) in [6, 6.07) is 14.1. The van der Waals surface area contributed by atoms with Gasteiger partial charge in [0.25, 0.3) is 0 Å². The minimum Gasteiger partial charge on any atom is -0.314 e. The van der Waals surface area contributed by atoms with E-state index in [1.165, 1.54) is 16.0 Å². The largest absolute Gasteiger partial charge is 0.314 e. The Hall–Kier alpha value is -0.580. The second-order valence-corrected chi connectivity index (χ2v) is 7.00. The number of hydrogen-bond donors (Lipinski definition) is 1. The first-order chi connectivity index (χ1) is 10.3. The normalized spacial score (nSPS) is 16.5. The van der Waals surface area contributed by atoms with Crippen LogP contribution in [0.25, 0.3) is 0 Å². The molecule has 23 heavy (non-hydrogen) atoms. The van der Waals surface area contributed by atoms with Gasteiger partial charge in [-0.2, -0.15) is 0 Å². The lowest BCUT2D eigenvalue weighted by molar-refractivity contribution is 0.200. The molecule has 0 saturated carbocycles. The smallest absolute Gasteiger partial charge is 0.0696 e. The zero-order chi connectivity index (χ0) is 14.7. The highest BCUT2D eigenvalue weighted by molar-refractivity contribution is 7.10. The summed E-state index contributed by atoms with van der Waals surface area (Å²) in [5.74, 6) is 0.596. The highest BCUT2D eigenvalue weighted by Gasteiger charge is 2.24. The van der Waals surface area contributed by atoms with Gasteiger partial charge in [0.2, 0.25) is 0 Å². The molecule has 2 nitrogen and oxygen atoms in total. The number of benzene rings is 1. The van der Waals surface area contributed by atoms with E-state index in [1.807, 2.05) is 11.3 Å². The molecule has 0 amide bonds. The van der Waals surface area contributed by atoms with Crippen molar-refractivity contribution in [1.82, 2.24) is 10.2 Å². The summed E-state index contributed by atoms with van der Waals surface area (Å²) in [6.07, 6.45) is 0. The van der Waals surface area contributed by atoms with E-state index >= 15 is 0 Å². The summed E-state index contributed by atoms with van der Waals surface area (Å²) in [6.45, 7) is 8.92. The summed E-state index contributed by atoms with van der Waals surface area (Å²) in [7, 11) is 0. The van der Waals surface area contributed by atoms with Gasteiger partial charge in [-0.3, -0.25) is 4.90 Å². The first-order valence-electron chi connectivity index (χ1n) is 7.84. The van der Waals surface area contributed by atoms with E-state index in [1.54, 1.807) is 0 Å². The summed E-state index contributed by atoms with van der Waals surface area (Å²) < 4.78 is 0. The lowest BCUT2D eigenvalue weighted by atomic mass is 9.97. The topological polar surface area (TPSA) is 15.3 Å². The van der Waals surface area contributed by atoms with Gasteiger partial charge in [-0.25, -0.2) is 0 Å². The lowest BCUT2D eigenvalue weighted by Gasteiger charge is -2.35. The quantitative estimate of drug-likeness (QED) is 0.835. The molecule has 1 aromatic carbocycles. The highest BCUT2D eigenvalue weighted by atomic mass is 35.5. The Kier molecular flexibility index (Phi) is 8.59. The number of rotatable bonds is 4. The molecular formula is C18H26Cl2N2S. The van der Waals surface area contributed by atoms with Crippen LogP contribution in [0.15, 0.2) is 41.8 Å². The lowest BCUT2D eigenvalue weighted by Crippen LogP contribution is -2.45. The van der Waals surface area contributed by atoms with Crippen molar-refractivity contribution in [3.63, 3.8) is 0 Å². The van der Waals surface area contributed by atoms with Gasteiger partial charge < -0.3 is 5.32 Å². The predicted molar refractivity (Wildman–Crippen MR) is 106 cm³/mol. The maximum absolute atomic E-state index is 3.45. The monoisotopic (exact) mass is 372 g/mol. The van der Waals surface area contributed by atoms with Crippen molar-refractivity contribution in [2.75, 3.05) is 26.2 Å². The molecule has 0 spiro atoms. The fourth-order valence-corrected chi connectivity index (χ4v) is 3.89. The molecule has 0 bridgehead atoms. The first kappa shape index (κ1) is 20.5. The zero-order valence-corrected chi connectivity index (χ0v) is 16.1. The Morgan fingerprint density at radius 3 is 2.09 bits per heavy atom. The van der Waals surface area contributed by atoms with Crippen LogP contribution in [-0.4, -0.2) is 31.1 Å². The van der Waals surface area contributed by atoms with E-state index in [0.29, 0.717) is 12.0 Å². The molecule has 2 aromatic rings. The number of nitrogens with zero attached hydrogens (tertiary/aromatic N) is 1. The van der Waals surface area contributed by atoms with Gasteiger partial charge in [0, 0.05) is 31.1 Å². The molecule has 1 fully saturated rings. The molecule has 5 heteroatoms. The SMILES string of the molecule is CC(C)c1ccc([C@H](c2cccs2)N2CCNCC2)cc1.Cl.Cl. The van der Waals surface area contributed by atoms with E-state index < -0.39 is 0 Å². The number of thiophene rings is 1. The third-order valence-corrected chi connectivity index (χ3v) is 5.17. The Labute approximate surface area is 156 Å². The molecule has 3 rings (SSSR count). The minimum absolute atomic E-state index is 0. The van der Waals surface area contributed by atoms with Crippen LogP contribution in [0.4, 0.5) is 0 Å². The van der Waals surface area contributed by atoms with Gasteiger partial charge in [0.15, 0.2) is 0 Å². The minimum atomic E-state index is 0. The van der Waals surface area contributed by atoms with Crippen LogP contribution in [0.2, 0.25) is 0 Å². The maximum Gasteiger partial charge on any atom is 0.0696 e. The van der Waals surface area contributed by atoms with Gasteiger partial charge in [0.1, 0.15) is 0 Å². The van der Waals surface area contributed by atoms with E-state index in [4.69, 9.17) is 0 Å². The number of nitrogens with one attached hydrogen (secondary N) is 1. The Morgan fingerprint density at radius 2 is 1.57 bits per heavy atom. The van der Waals surface area contributed by atoms with Crippen molar-refractivity contribution in [2.45, 2.75) is 25.8 Å². The second-order valence-electron chi connectivity index (χ2n) is 6.03.